The first-order valence-electron chi connectivity index (χ1n) is 1.47. The van der Waals surface area contributed by atoms with Crippen molar-refractivity contribution in [1.29, 1.82) is 0 Å². The Hall–Kier alpha value is 2.24. The normalized spacial score (nSPS) is 4.62. The van der Waals surface area contributed by atoms with Crippen molar-refractivity contribution < 1.29 is 51.9 Å². The maximum Gasteiger partial charge on any atom is 2.00 e. The van der Waals surface area contributed by atoms with Crippen LogP contribution in [0.25, 0.3) is 0 Å². The Labute approximate surface area is 114 Å². The third-order valence-corrected chi connectivity index (χ3v) is 0.289. The van der Waals surface area contributed by atoms with Gasteiger partial charge in [-0.3, -0.25) is 0 Å². The molecule has 38 valence electrons. The standard InChI is InChI=1S/C3H6O2.ClH.Na.Sr/c1-2-3(4)5;;;/h2H2,1H3,(H,4,5);1H;;/q;;+1;+2/p-2. The molecule has 0 unspecified atom stereocenters. The van der Waals surface area contributed by atoms with Crippen LogP contribution in [0.15, 0.2) is 0 Å². The average molecular weight is 219 g/mol. The fraction of sp³-hybridized carbons (Fsp3) is 0.667. The van der Waals surface area contributed by atoms with Crippen molar-refractivity contribution in [2.24, 2.45) is 0 Å². The van der Waals surface area contributed by atoms with Gasteiger partial charge in [0.1, 0.15) is 0 Å². The van der Waals surface area contributed by atoms with Crippen LogP contribution in [0.4, 0.5) is 0 Å². The van der Waals surface area contributed by atoms with Crippen LogP contribution in [-0.4, -0.2) is 51.5 Å². The first-order chi connectivity index (χ1) is 2.27. The summed E-state index contributed by atoms with van der Waals surface area (Å²) in [4.78, 5) is 9.26. The first-order valence-corrected chi connectivity index (χ1v) is 1.47. The summed E-state index contributed by atoms with van der Waals surface area (Å²) in [5.74, 6) is -0.995. The molecule has 0 rings (SSSR count). The SMILES string of the molecule is CCC(=O)[O-].[Cl-].[Na+].[Sr+2]. The van der Waals surface area contributed by atoms with E-state index in [4.69, 9.17) is 0 Å². The molecular weight excluding hydrogens is 214 g/mol. The van der Waals surface area contributed by atoms with Crippen LogP contribution in [0.1, 0.15) is 13.3 Å². The van der Waals surface area contributed by atoms with Crippen molar-refractivity contribution in [2.45, 2.75) is 13.3 Å². The molecule has 0 saturated carbocycles. The van der Waals surface area contributed by atoms with Gasteiger partial charge < -0.3 is 22.3 Å². The molecule has 0 aliphatic carbocycles. The van der Waals surface area contributed by atoms with Crippen molar-refractivity contribution in [3.63, 3.8) is 0 Å². The Morgan fingerprint density at radius 2 is 1.75 bits per heavy atom. The smallest absolute Gasteiger partial charge is 1.00 e. The van der Waals surface area contributed by atoms with Crippen molar-refractivity contribution in [2.75, 3.05) is 0 Å². The number of aliphatic carboxylic acids is 1. The molecule has 0 heterocycles. The van der Waals surface area contributed by atoms with Crippen LogP contribution in [0, 0.1) is 0 Å². The number of carboxylic acid groups (broad SMARTS) is 1. The van der Waals surface area contributed by atoms with E-state index in [2.05, 4.69) is 0 Å². The van der Waals surface area contributed by atoms with Crippen LogP contribution in [0.5, 0.6) is 0 Å². The van der Waals surface area contributed by atoms with Crippen molar-refractivity contribution >= 4 is 51.5 Å². The quantitative estimate of drug-likeness (QED) is 0.411. The van der Waals surface area contributed by atoms with Crippen molar-refractivity contribution in [3.8, 4) is 0 Å². The molecule has 0 amide bonds. The zero-order valence-electron chi connectivity index (χ0n) is 5.11. The number of hydrogen-bond donors (Lipinski definition) is 0. The Balaban J connectivity index is -0.0000000267. The van der Waals surface area contributed by atoms with Gasteiger partial charge in [0.2, 0.25) is 0 Å². The topological polar surface area (TPSA) is 40.1 Å². The molecule has 0 aliphatic rings. The predicted octanol–water partition coefficient (Wildman–Crippen LogP) is -7.23. The van der Waals surface area contributed by atoms with E-state index in [1.54, 1.807) is 0 Å². The molecule has 0 N–H and O–H groups in total. The minimum atomic E-state index is -0.995. The minimum Gasteiger partial charge on any atom is -1.00 e. The largest absolute Gasteiger partial charge is 2.00 e. The molecular formula is C3H5ClNaO2Sr+. The molecule has 0 atom stereocenters. The van der Waals surface area contributed by atoms with Crippen LogP contribution in [0.3, 0.4) is 0 Å². The minimum absolute atomic E-state index is 0. The summed E-state index contributed by atoms with van der Waals surface area (Å²) in [6.07, 6.45) is 0.111. The Morgan fingerprint density at radius 3 is 1.75 bits per heavy atom. The molecule has 0 fully saturated rings. The van der Waals surface area contributed by atoms with E-state index >= 15 is 0 Å². The number of carbonyl (C=O) groups excluding carboxylic acids is 1. The van der Waals surface area contributed by atoms with Gasteiger partial charge in [-0.1, -0.05) is 6.92 Å². The van der Waals surface area contributed by atoms with E-state index in [1.165, 1.54) is 6.92 Å². The van der Waals surface area contributed by atoms with E-state index in [0.717, 1.165) is 0 Å². The molecule has 2 nitrogen and oxygen atoms in total. The maximum absolute atomic E-state index is 9.26. The summed E-state index contributed by atoms with van der Waals surface area (Å²) in [5, 5.41) is 9.26. The van der Waals surface area contributed by atoms with Gasteiger partial charge in [0.25, 0.3) is 0 Å². The number of carbonyl (C=O) groups is 1. The molecule has 0 saturated heterocycles. The second kappa shape index (κ2) is 16.1. The monoisotopic (exact) mass is 219 g/mol. The van der Waals surface area contributed by atoms with Crippen LogP contribution >= 0.6 is 0 Å². The number of hydrogen-bond acceptors (Lipinski definition) is 2. The third kappa shape index (κ3) is 24.0. The van der Waals surface area contributed by atoms with Crippen molar-refractivity contribution in [1.82, 2.24) is 0 Å². The third-order valence-electron chi connectivity index (χ3n) is 0.289. The second-order valence-corrected chi connectivity index (χ2v) is 0.726. The predicted molar refractivity (Wildman–Crippen MR) is 21.1 cm³/mol. The van der Waals surface area contributed by atoms with Gasteiger partial charge in [-0.25, -0.2) is 0 Å². The van der Waals surface area contributed by atoms with E-state index in [1.807, 2.05) is 0 Å². The number of halogens is 1. The Kier molecular flexibility index (Phi) is 45.2. The summed E-state index contributed by atoms with van der Waals surface area (Å²) < 4.78 is 0. The molecule has 8 heavy (non-hydrogen) atoms. The Morgan fingerprint density at radius 1 is 1.62 bits per heavy atom. The fourth-order valence-corrected chi connectivity index (χ4v) is 0. The summed E-state index contributed by atoms with van der Waals surface area (Å²) in [6.45, 7) is 1.54. The average Bonchev–Trinajstić information content (AvgIpc) is 1.38. The summed E-state index contributed by atoms with van der Waals surface area (Å²) in [5.41, 5.74) is 0. The van der Waals surface area contributed by atoms with E-state index < -0.39 is 5.97 Å². The first kappa shape index (κ1) is 22.5. The summed E-state index contributed by atoms with van der Waals surface area (Å²) >= 11 is 0. The molecule has 0 aromatic carbocycles. The Bertz CT molecular complexity index is 52.5. The molecule has 0 aliphatic heterocycles. The molecule has 0 aromatic rings. The molecule has 0 radical (unpaired) electrons. The van der Waals surface area contributed by atoms with Crippen LogP contribution < -0.4 is 47.1 Å². The van der Waals surface area contributed by atoms with E-state index in [9.17, 15) is 9.90 Å². The number of carboxylic acids is 1. The van der Waals surface area contributed by atoms with Gasteiger partial charge in [-0.2, -0.15) is 0 Å². The molecule has 5 heteroatoms. The van der Waals surface area contributed by atoms with Crippen LogP contribution in [-0.2, 0) is 4.79 Å². The zero-order chi connectivity index (χ0) is 4.28. The van der Waals surface area contributed by atoms with Crippen LogP contribution in [0.2, 0.25) is 0 Å². The van der Waals surface area contributed by atoms with E-state index in [-0.39, 0.29) is 93.9 Å². The van der Waals surface area contributed by atoms with Gasteiger partial charge in [-0.05, 0) is 6.42 Å². The molecule has 0 aromatic heterocycles. The van der Waals surface area contributed by atoms with Gasteiger partial charge in [0.15, 0.2) is 0 Å². The summed E-state index contributed by atoms with van der Waals surface area (Å²) in [7, 11) is 0. The van der Waals surface area contributed by atoms with Gasteiger partial charge in [-0.15, -0.1) is 0 Å². The second-order valence-electron chi connectivity index (χ2n) is 0.726. The van der Waals surface area contributed by atoms with E-state index in [0.29, 0.717) is 0 Å². The van der Waals surface area contributed by atoms with Crippen molar-refractivity contribution in [3.05, 3.63) is 0 Å². The maximum atomic E-state index is 9.26. The fourth-order valence-electron chi connectivity index (χ4n) is 0. The number of rotatable bonds is 1. The van der Waals surface area contributed by atoms with Gasteiger partial charge >= 0.3 is 75.0 Å². The summed E-state index contributed by atoms with van der Waals surface area (Å²) in [6, 6.07) is 0. The zero-order valence-corrected chi connectivity index (χ0v) is 11.3. The molecule has 0 spiro atoms. The van der Waals surface area contributed by atoms with Gasteiger partial charge in [0.05, 0.1) is 0 Å². The van der Waals surface area contributed by atoms with Gasteiger partial charge in [0, 0.05) is 5.97 Å². The molecule has 0 bridgehead atoms.